The topological polar surface area (TPSA) is 42.7 Å². The van der Waals surface area contributed by atoms with Crippen molar-refractivity contribution in [2.24, 2.45) is 0 Å². The Morgan fingerprint density at radius 1 is 1.35 bits per heavy atom. The Hall–Kier alpha value is -1.62. The van der Waals surface area contributed by atoms with Crippen LogP contribution in [-0.2, 0) is 0 Å². The molecular weight excluding hydrogens is 216 g/mol. The fourth-order valence-electron chi connectivity index (χ4n) is 2.43. The third-order valence-electron chi connectivity index (χ3n) is 3.39. The van der Waals surface area contributed by atoms with Gasteiger partial charge in [0.1, 0.15) is 11.6 Å². The zero-order chi connectivity index (χ0) is 11.8. The minimum absolute atomic E-state index is 0.474. The molecule has 2 aromatic heterocycles. The zero-order valence-electron chi connectivity index (χ0n) is 10.1. The van der Waals surface area contributed by atoms with E-state index in [-0.39, 0.29) is 0 Å². The summed E-state index contributed by atoms with van der Waals surface area (Å²) in [4.78, 5) is 2.33. The Kier molecular flexibility index (Phi) is 2.48. The Morgan fingerprint density at radius 3 is 2.94 bits per heavy atom. The predicted octanol–water partition coefficient (Wildman–Crippen LogP) is 1.16. The fraction of sp³-hybridized carbons (Fsp3) is 0.500. The summed E-state index contributed by atoms with van der Waals surface area (Å²) in [6, 6.07) is 3.85. The third kappa shape index (κ3) is 1.76. The lowest BCUT2D eigenvalue weighted by Gasteiger charge is -2.09. The zero-order valence-corrected chi connectivity index (χ0v) is 10.1. The lowest BCUT2D eigenvalue weighted by molar-refractivity contribution is 0.407. The summed E-state index contributed by atoms with van der Waals surface area (Å²) >= 11 is 0. The highest BCUT2D eigenvalue weighted by Crippen LogP contribution is 2.26. The van der Waals surface area contributed by atoms with Crippen molar-refractivity contribution in [3.63, 3.8) is 0 Å². The van der Waals surface area contributed by atoms with E-state index in [2.05, 4.69) is 22.1 Å². The first-order valence-corrected chi connectivity index (χ1v) is 5.85. The van der Waals surface area contributed by atoms with Gasteiger partial charge in [-0.15, -0.1) is 10.2 Å². The van der Waals surface area contributed by atoms with E-state index >= 15 is 0 Å². The smallest absolute Gasteiger partial charge is 0.161 e. The third-order valence-corrected chi connectivity index (χ3v) is 3.39. The first kappa shape index (κ1) is 10.5. The van der Waals surface area contributed by atoms with Crippen LogP contribution >= 0.6 is 0 Å². The molecule has 0 bridgehead atoms. The first-order valence-electron chi connectivity index (χ1n) is 5.85. The second-order valence-electron chi connectivity index (χ2n) is 4.60. The van der Waals surface area contributed by atoms with Gasteiger partial charge in [0, 0.05) is 12.5 Å². The van der Waals surface area contributed by atoms with Gasteiger partial charge in [0.2, 0.25) is 0 Å². The Morgan fingerprint density at radius 2 is 2.24 bits per heavy atom. The summed E-state index contributed by atoms with van der Waals surface area (Å²) in [5, 5.41) is 8.52. The first-order chi connectivity index (χ1) is 8.28. The van der Waals surface area contributed by atoms with Crippen molar-refractivity contribution in [1.29, 1.82) is 0 Å². The SMILES string of the molecule is COc1ccc2nnc(C3CCN(C)C3)n2c1. The Balaban J connectivity index is 2.04. The number of methoxy groups -OCH3 is 1. The number of ether oxygens (including phenoxy) is 1. The number of pyridine rings is 1. The van der Waals surface area contributed by atoms with Gasteiger partial charge in [-0.3, -0.25) is 4.40 Å². The van der Waals surface area contributed by atoms with Crippen LogP contribution in [0.3, 0.4) is 0 Å². The molecule has 0 aliphatic carbocycles. The molecule has 0 spiro atoms. The van der Waals surface area contributed by atoms with Crippen molar-refractivity contribution in [1.82, 2.24) is 19.5 Å². The van der Waals surface area contributed by atoms with Crippen LogP contribution in [0.15, 0.2) is 18.3 Å². The van der Waals surface area contributed by atoms with E-state index in [1.165, 1.54) is 0 Å². The summed E-state index contributed by atoms with van der Waals surface area (Å²) in [6.07, 6.45) is 3.11. The van der Waals surface area contributed by atoms with Crippen LogP contribution in [0.5, 0.6) is 5.75 Å². The van der Waals surface area contributed by atoms with Gasteiger partial charge in [-0.05, 0) is 32.1 Å². The van der Waals surface area contributed by atoms with Gasteiger partial charge in [0.05, 0.1) is 13.3 Å². The molecule has 0 saturated carbocycles. The van der Waals surface area contributed by atoms with E-state index in [4.69, 9.17) is 4.74 Å². The van der Waals surface area contributed by atoms with E-state index in [0.717, 1.165) is 36.7 Å². The van der Waals surface area contributed by atoms with Crippen molar-refractivity contribution < 1.29 is 4.74 Å². The van der Waals surface area contributed by atoms with E-state index in [0.29, 0.717) is 5.92 Å². The summed E-state index contributed by atoms with van der Waals surface area (Å²) < 4.78 is 7.29. The van der Waals surface area contributed by atoms with Crippen molar-refractivity contribution >= 4 is 5.65 Å². The maximum Gasteiger partial charge on any atom is 0.161 e. The molecule has 3 rings (SSSR count). The molecule has 1 aliphatic rings. The molecule has 0 aromatic carbocycles. The largest absolute Gasteiger partial charge is 0.495 e. The molecule has 5 nitrogen and oxygen atoms in total. The molecule has 0 radical (unpaired) electrons. The molecule has 0 N–H and O–H groups in total. The van der Waals surface area contributed by atoms with Crippen molar-refractivity contribution in [2.45, 2.75) is 12.3 Å². The molecule has 5 heteroatoms. The number of hydrogen-bond donors (Lipinski definition) is 0. The molecule has 90 valence electrons. The van der Waals surface area contributed by atoms with Crippen molar-refractivity contribution in [3.05, 3.63) is 24.2 Å². The lowest BCUT2D eigenvalue weighted by atomic mass is 10.1. The van der Waals surface area contributed by atoms with Crippen molar-refractivity contribution in [2.75, 3.05) is 27.2 Å². The maximum atomic E-state index is 5.24. The molecule has 1 fully saturated rings. The predicted molar refractivity (Wildman–Crippen MR) is 64.4 cm³/mol. The fourth-order valence-corrected chi connectivity index (χ4v) is 2.43. The normalized spacial score (nSPS) is 21.2. The molecule has 1 aliphatic heterocycles. The molecular formula is C12H16N4O. The standard InChI is InChI=1S/C12H16N4O/c1-15-6-5-9(7-15)12-14-13-11-4-3-10(17-2)8-16(11)12/h3-4,8-9H,5-7H2,1-2H3. The molecule has 1 atom stereocenters. The number of aromatic nitrogens is 3. The summed E-state index contributed by atoms with van der Waals surface area (Å²) in [5.74, 6) is 2.36. The van der Waals surface area contributed by atoms with Crippen LogP contribution in [0.4, 0.5) is 0 Å². The lowest BCUT2D eigenvalue weighted by Crippen LogP contribution is -2.14. The van der Waals surface area contributed by atoms with Crippen LogP contribution in [-0.4, -0.2) is 46.7 Å². The van der Waals surface area contributed by atoms with Gasteiger partial charge in [-0.1, -0.05) is 0 Å². The number of hydrogen-bond acceptors (Lipinski definition) is 4. The molecule has 3 heterocycles. The maximum absolute atomic E-state index is 5.24. The van der Waals surface area contributed by atoms with Gasteiger partial charge < -0.3 is 9.64 Å². The average Bonchev–Trinajstić information content (AvgIpc) is 2.93. The summed E-state index contributed by atoms with van der Waals surface area (Å²) in [6.45, 7) is 2.18. The second kappa shape index (κ2) is 4.00. The number of nitrogens with zero attached hydrogens (tertiary/aromatic N) is 4. The van der Waals surface area contributed by atoms with Gasteiger partial charge in [-0.25, -0.2) is 0 Å². The van der Waals surface area contributed by atoms with Crippen LogP contribution in [0.25, 0.3) is 5.65 Å². The number of likely N-dealkylation sites (tertiary alicyclic amines) is 1. The number of likely N-dealkylation sites (N-methyl/N-ethyl adjacent to an activating group) is 1. The second-order valence-corrected chi connectivity index (χ2v) is 4.60. The molecule has 1 saturated heterocycles. The van der Waals surface area contributed by atoms with E-state index in [1.807, 2.05) is 22.7 Å². The monoisotopic (exact) mass is 232 g/mol. The van der Waals surface area contributed by atoms with Gasteiger partial charge >= 0.3 is 0 Å². The highest BCUT2D eigenvalue weighted by molar-refractivity contribution is 5.42. The van der Waals surface area contributed by atoms with Crippen LogP contribution in [0.2, 0.25) is 0 Å². The molecule has 2 aromatic rings. The molecule has 1 unspecified atom stereocenters. The van der Waals surface area contributed by atoms with Gasteiger partial charge in [0.25, 0.3) is 0 Å². The Bertz CT molecular complexity index is 536. The number of fused-ring (bicyclic) bond motifs is 1. The van der Waals surface area contributed by atoms with E-state index in [1.54, 1.807) is 7.11 Å². The quantitative estimate of drug-likeness (QED) is 0.779. The minimum Gasteiger partial charge on any atom is -0.495 e. The molecule has 0 amide bonds. The number of rotatable bonds is 2. The van der Waals surface area contributed by atoms with E-state index < -0.39 is 0 Å². The summed E-state index contributed by atoms with van der Waals surface area (Å²) in [5.41, 5.74) is 0.885. The van der Waals surface area contributed by atoms with Gasteiger partial charge in [-0.2, -0.15) is 0 Å². The molecule has 17 heavy (non-hydrogen) atoms. The van der Waals surface area contributed by atoms with Gasteiger partial charge in [0.15, 0.2) is 5.65 Å². The van der Waals surface area contributed by atoms with Crippen LogP contribution < -0.4 is 4.74 Å². The van der Waals surface area contributed by atoms with Crippen molar-refractivity contribution in [3.8, 4) is 5.75 Å². The van der Waals surface area contributed by atoms with Crippen LogP contribution in [0, 0.1) is 0 Å². The Labute approximate surface area is 100 Å². The highest BCUT2D eigenvalue weighted by atomic mass is 16.5. The summed E-state index contributed by atoms with van der Waals surface area (Å²) in [7, 11) is 3.82. The van der Waals surface area contributed by atoms with Crippen LogP contribution in [0.1, 0.15) is 18.2 Å². The average molecular weight is 232 g/mol. The van der Waals surface area contributed by atoms with E-state index in [9.17, 15) is 0 Å². The minimum atomic E-state index is 0.474. The highest BCUT2D eigenvalue weighted by Gasteiger charge is 2.25.